The second-order valence-corrected chi connectivity index (χ2v) is 3.96. The Morgan fingerprint density at radius 2 is 2.17 bits per heavy atom. The molecule has 0 aliphatic rings. The van der Waals surface area contributed by atoms with Crippen LogP contribution in [0.4, 0.5) is 0 Å². The molecule has 1 aromatic heterocycles. The lowest BCUT2D eigenvalue weighted by Crippen LogP contribution is -2.12. The van der Waals surface area contributed by atoms with Crippen molar-refractivity contribution in [3.8, 4) is 0 Å². The van der Waals surface area contributed by atoms with Crippen LogP contribution >= 0.6 is 22.9 Å². The highest BCUT2D eigenvalue weighted by molar-refractivity contribution is 7.16. The lowest BCUT2D eigenvalue weighted by molar-refractivity contribution is 1.43. The third-order valence-corrected chi connectivity index (χ3v) is 2.71. The van der Waals surface area contributed by atoms with E-state index in [-0.39, 0.29) is 11.0 Å². The maximum absolute atomic E-state index is 7.21. The van der Waals surface area contributed by atoms with Gasteiger partial charge in [-0.15, -0.1) is 11.3 Å². The first-order valence-electron chi connectivity index (χ1n) is 3.21. The molecule has 0 unspecified atom stereocenters. The van der Waals surface area contributed by atoms with Crippen LogP contribution in [0.1, 0.15) is 15.3 Å². The lowest BCUT2D eigenvalue weighted by Gasteiger charge is -1.95. The molecule has 0 aliphatic heterocycles. The Labute approximate surface area is 79.2 Å². The van der Waals surface area contributed by atoms with Gasteiger partial charge in [-0.25, -0.2) is 0 Å². The molecule has 0 amide bonds. The van der Waals surface area contributed by atoms with Crippen molar-refractivity contribution in [1.29, 1.82) is 10.8 Å². The average molecular weight is 202 g/mol. The standard InChI is InChI=1S/C7H8ClN3S/c1-3-2-4(7(10)11)5(12-3)6(8)9/h2,9H,1H3,(H3,10,11). The van der Waals surface area contributed by atoms with Gasteiger partial charge in [0.2, 0.25) is 0 Å². The Bertz CT molecular complexity index is 311. The molecule has 12 heavy (non-hydrogen) atoms. The van der Waals surface area contributed by atoms with Crippen LogP contribution in [0.3, 0.4) is 0 Å². The van der Waals surface area contributed by atoms with Gasteiger partial charge >= 0.3 is 0 Å². The fourth-order valence-electron chi connectivity index (χ4n) is 0.877. The third-order valence-electron chi connectivity index (χ3n) is 1.34. The fraction of sp³-hybridized carbons (Fsp3) is 0.143. The van der Waals surface area contributed by atoms with Crippen molar-refractivity contribution >= 4 is 33.9 Å². The number of halogens is 1. The largest absolute Gasteiger partial charge is 0.384 e. The summed E-state index contributed by atoms with van der Waals surface area (Å²) >= 11 is 6.88. The van der Waals surface area contributed by atoms with Crippen LogP contribution in [-0.4, -0.2) is 11.0 Å². The van der Waals surface area contributed by atoms with E-state index in [4.69, 9.17) is 28.2 Å². The molecule has 0 saturated carbocycles. The number of nitrogen functional groups attached to an aromatic ring is 1. The normalized spacial score (nSPS) is 9.83. The Kier molecular flexibility index (Phi) is 2.49. The molecule has 5 heteroatoms. The molecule has 0 radical (unpaired) electrons. The summed E-state index contributed by atoms with van der Waals surface area (Å²) in [5, 5.41) is 14.4. The maximum atomic E-state index is 7.21. The van der Waals surface area contributed by atoms with Gasteiger partial charge in [-0.1, -0.05) is 11.6 Å². The van der Waals surface area contributed by atoms with Crippen molar-refractivity contribution < 1.29 is 0 Å². The first kappa shape index (κ1) is 9.22. The van der Waals surface area contributed by atoms with Crippen molar-refractivity contribution in [1.82, 2.24) is 0 Å². The maximum Gasteiger partial charge on any atom is 0.138 e. The molecule has 0 aromatic carbocycles. The van der Waals surface area contributed by atoms with E-state index in [1.165, 1.54) is 11.3 Å². The van der Waals surface area contributed by atoms with Crippen molar-refractivity contribution in [3.63, 3.8) is 0 Å². The monoisotopic (exact) mass is 201 g/mol. The quantitative estimate of drug-likeness (QED) is 0.496. The highest BCUT2D eigenvalue weighted by Gasteiger charge is 2.11. The Morgan fingerprint density at radius 1 is 1.58 bits per heavy atom. The van der Waals surface area contributed by atoms with Crippen LogP contribution in [0, 0.1) is 17.7 Å². The molecule has 0 saturated heterocycles. The van der Waals surface area contributed by atoms with E-state index >= 15 is 0 Å². The number of thiophene rings is 1. The zero-order valence-corrected chi connectivity index (χ0v) is 8.01. The molecule has 0 aliphatic carbocycles. The Morgan fingerprint density at radius 3 is 2.50 bits per heavy atom. The molecule has 1 heterocycles. The number of rotatable bonds is 2. The number of aryl methyl sites for hydroxylation is 1. The molecule has 4 N–H and O–H groups in total. The van der Waals surface area contributed by atoms with E-state index in [0.717, 1.165) is 4.88 Å². The van der Waals surface area contributed by atoms with Crippen molar-refractivity contribution in [2.45, 2.75) is 6.92 Å². The molecule has 0 spiro atoms. The number of nitrogens with two attached hydrogens (primary N) is 1. The average Bonchev–Trinajstić information content (AvgIpc) is 2.31. The smallest absolute Gasteiger partial charge is 0.138 e. The lowest BCUT2D eigenvalue weighted by atomic mass is 10.2. The van der Waals surface area contributed by atoms with Crippen LogP contribution in [0.2, 0.25) is 0 Å². The summed E-state index contributed by atoms with van der Waals surface area (Å²) in [4.78, 5) is 1.57. The van der Waals surface area contributed by atoms with E-state index in [1.54, 1.807) is 6.07 Å². The predicted molar refractivity (Wildman–Crippen MR) is 52.8 cm³/mol. The molecule has 64 valence electrons. The van der Waals surface area contributed by atoms with Crippen molar-refractivity contribution in [2.75, 3.05) is 0 Å². The second kappa shape index (κ2) is 3.25. The second-order valence-electron chi connectivity index (χ2n) is 2.33. The number of nitrogens with one attached hydrogen (secondary N) is 2. The molecule has 0 fully saturated rings. The minimum absolute atomic E-state index is 0.0419. The van der Waals surface area contributed by atoms with E-state index in [9.17, 15) is 0 Å². The molecule has 1 rings (SSSR count). The van der Waals surface area contributed by atoms with Gasteiger partial charge in [-0.2, -0.15) is 0 Å². The van der Waals surface area contributed by atoms with E-state index in [1.807, 2.05) is 6.92 Å². The summed E-state index contributed by atoms with van der Waals surface area (Å²) in [5.41, 5.74) is 5.85. The Hall–Kier alpha value is -0.870. The van der Waals surface area contributed by atoms with Gasteiger partial charge in [0.1, 0.15) is 11.0 Å². The third kappa shape index (κ3) is 1.65. The van der Waals surface area contributed by atoms with E-state index < -0.39 is 0 Å². The van der Waals surface area contributed by atoms with Crippen LogP contribution in [-0.2, 0) is 0 Å². The van der Waals surface area contributed by atoms with Crippen LogP contribution < -0.4 is 5.73 Å². The first-order chi connectivity index (χ1) is 5.52. The minimum atomic E-state index is -0.0571. The van der Waals surface area contributed by atoms with E-state index in [0.29, 0.717) is 10.4 Å². The van der Waals surface area contributed by atoms with Gasteiger partial charge in [0.25, 0.3) is 0 Å². The van der Waals surface area contributed by atoms with Gasteiger partial charge < -0.3 is 5.73 Å². The molecular weight excluding hydrogens is 194 g/mol. The van der Waals surface area contributed by atoms with Crippen LogP contribution in [0.25, 0.3) is 0 Å². The topological polar surface area (TPSA) is 73.7 Å². The van der Waals surface area contributed by atoms with Crippen LogP contribution in [0.5, 0.6) is 0 Å². The Balaban J connectivity index is 3.26. The summed E-state index contributed by atoms with van der Waals surface area (Å²) in [6.07, 6.45) is 0. The summed E-state index contributed by atoms with van der Waals surface area (Å²) in [5.74, 6) is -0.0419. The van der Waals surface area contributed by atoms with Gasteiger partial charge in [-0.05, 0) is 13.0 Å². The molecule has 3 nitrogen and oxygen atoms in total. The fourth-order valence-corrected chi connectivity index (χ4v) is 1.96. The molecule has 0 bridgehead atoms. The summed E-state index contributed by atoms with van der Waals surface area (Å²) < 4.78 is 0. The predicted octanol–water partition coefficient (Wildman–Crippen LogP) is 1.90. The number of hydrogen-bond donors (Lipinski definition) is 3. The van der Waals surface area contributed by atoms with Gasteiger partial charge in [-0.3, -0.25) is 10.8 Å². The highest BCUT2D eigenvalue weighted by atomic mass is 35.5. The van der Waals surface area contributed by atoms with Gasteiger partial charge in [0, 0.05) is 10.4 Å². The first-order valence-corrected chi connectivity index (χ1v) is 4.41. The number of hydrogen-bond acceptors (Lipinski definition) is 3. The summed E-state index contributed by atoms with van der Waals surface area (Å²) in [6.45, 7) is 1.89. The summed E-state index contributed by atoms with van der Waals surface area (Å²) in [6, 6.07) is 1.76. The highest BCUT2D eigenvalue weighted by Crippen LogP contribution is 2.22. The van der Waals surface area contributed by atoms with Crippen LogP contribution in [0.15, 0.2) is 6.07 Å². The SMILES string of the molecule is Cc1cc(C(=N)N)c(C(=N)Cl)s1. The molecule has 1 aromatic rings. The summed E-state index contributed by atoms with van der Waals surface area (Å²) in [7, 11) is 0. The molecular formula is C7H8ClN3S. The van der Waals surface area contributed by atoms with Crippen molar-refractivity contribution in [2.24, 2.45) is 5.73 Å². The zero-order chi connectivity index (χ0) is 9.30. The van der Waals surface area contributed by atoms with E-state index in [2.05, 4.69) is 0 Å². The molecule has 0 atom stereocenters. The number of amidine groups is 1. The van der Waals surface area contributed by atoms with Gasteiger partial charge in [0.05, 0.1) is 4.88 Å². The van der Waals surface area contributed by atoms with Gasteiger partial charge in [0.15, 0.2) is 0 Å². The van der Waals surface area contributed by atoms with Crippen molar-refractivity contribution in [3.05, 3.63) is 21.4 Å². The zero-order valence-electron chi connectivity index (χ0n) is 6.44. The minimum Gasteiger partial charge on any atom is -0.384 e.